The molecule has 0 rings (SSSR count). The van der Waals surface area contributed by atoms with E-state index in [-0.39, 0.29) is 21.7 Å². The maximum Gasteiger partial charge on any atom is 4.00 e. The Bertz CT molecular complexity index is 131. The molecule has 0 aliphatic heterocycles. The first-order valence-corrected chi connectivity index (χ1v) is 4.30. The summed E-state index contributed by atoms with van der Waals surface area (Å²) in [6, 6.07) is 0. The predicted molar refractivity (Wildman–Crippen MR) is 17.4 cm³/mol. The minimum atomic E-state index is -5.64. The molecule has 6 nitrogen and oxygen atoms in total. The van der Waals surface area contributed by atoms with Crippen molar-refractivity contribution in [3.8, 4) is 0 Å². The van der Waals surface area contributed by atoms with E-state index in [2.05, 4.69) is 0 Å². The quantitative estimate of drug-likeness (QED) is 0.344. The van der Waals surface area contributed by atoms with Gasteiger partial charge in [0.15, 0.2) is 0 Å². The van der Waals surface area contributed by atoms with E-state index in [0.717, 1.165) is 0 Å². The van der Waals surface area contributed by atoms with Gasteiger partial charge in [-0.3, -0.25) is 0 Å². The molecule has 0 spiro atoms. The van der Waals surface area contributed by atoms with Crippen LogP contribution in [0, 0.1) is 0 Å². The molecule has 0 aromatic carbocycles. The van der Waals surface area contributed by atoms with Gasteiger partial charge in [0.2, 0.25) is 0 Å². The van der Waals surface area contributed by atoms with Crippen LogP contribution in [0.25, 0.3) is 0 Å². The smallest absolute Gasteiger partial charge is 0.786 e. The average molecular weight is 244 g/mol. The summed E-state index contributed by atoms with van der Waals surface area (Å²) in [4.78, 5) is 33.8. The monoisotopic (exact) mass is 244 g/mol. The predicted octanol–water partition coefficient (Wildman–Crippen LogP) is -2.43. The van der Waals surface area contributed by atoms with Gasteiger partial charge in [-0.05, 0) is 0 Å². The van der Waals surface area contributed by atoms with Gasteiger partial charge < -0.3 is 28.7 Å². The normalized spacial score (nSPS) is 10.7. The Morgan fingerprint density at radius 3 is 0.818 bits per heavy atom. The van der Waals surface area contributed by atoms with Crippen molar-refractivity contribution in [1.82, 2.24) is 0 Å². The van der Waals surface area contributed by atoms with E-state index in [1.165, 1.54) is 0 Å². The van der Waals surface area contributed by atoms with Crippen LogP contribution in [-0.4, -0.2) is 0 Å². The number of hydrogen-bond donors (Lipinski definition) is 0. The molecule has 0 fully saturated rings. The van der Waals surface area contributed by atoms with Gasteiger partial charge in [-0.1, -0.05) is 0 Å². The van der Waals surface area contributed by atoms with Crippen molar-refractivity contribution in [3.63, 3.8) is 0 Å². The molecule has 0 unspecified atom stereocenters. The second kappa shape index (κ2) is 6.40. The van der Waals surface area contributed by atoms with Gasteiger partial charge >= 0.3 is 21.7 Å². The van der Waals surface area contributed by atoms with E-state index >= 15 is 0 Å². The molecule has 0 aromatic heterocycles. The van der Waals surface area contributed by atoms with Crippen LogP contribution in [0.4, 0.5) is 8.39 Å². The molecule has 11 heteroatoms. The third-order valence-corrected chi connectivity index (χ3v) is 0. The minimum absolute atomic E-state index is 0. The molecule has 0 N–H and O–H groups in total. The van der Waals surface area contributed by atoms with Crippen molar-refractivity contribution in [1.29, 1.82) is 0 Å². The maximum atomic E-state index is 10.1. The second-order valence-corrected chi connectivity index (χ2v) is 2.58. The summed E-state index contributed by atoms with van der Waals surface area (Å²) in [6.45, 7) is 0. The standard InChI is InChI=1S/2FH2O3P.Ti/c2*1-5(2,3)4;/h2*(H2,2,3,4);/q;;+4/p-4. The zero-order chi connectivity index (χ0) is 9.00. The largest absolute Gasteiger partial charge is 4.00 e. The SMILES string of the molecule is O=P([O-])([O-])F.O=P([O-])([O-])F.[Ti+4]. The van der Waals surface area contributed by atoms with Crippen molar-refractivity contribution < 1.29 is 58.8 Å². The zero-order valence-corrected chi connectivity index (χ0v) is 7.95. The topological polar surface area (TPSA) is 126 Å². The summed E-state index contributed by atoms with van der Waals surface area (Å²) in [6.07, 6.45) is 0. The van der Waals surface area contributed by atoms with E-state index in [1.807, 2.05) is 0 Å². The molecular formula is F2O6P2Ti. The number of rotatable bonds is 0. The average Bonchev–Trinajstić information content (AvgIpc) is 1.12. The molecule has 0 heterocycles. The van der Waals surface area contributed by atoms with Crippen LogP contribution in [0.1, 0.15) is 0 Å². The fourth-order valence-corrected chi connectivity index (χ4v) is 0. The third-order valence-electron chi connectivity index (χ3n) is 0. The molecule has 0 aromatic rings. The van der Waals surface area contributed by atoms with Crippen molar-refractivity contribution in [3.05, 3.63) is 0 Å². The van der Waals surface area contributed by atoms with Crippen LogP contribution in [0.3, 0.4) is 0 Å². The molecule has 0 bridgehead atoms. The Kier molecular flexibility index (Phi) is 10.4. The van der Waals surface area contributed by atoms with Gasteiger partial charge in [-0.15, -0.1) is 0 Å². The van der Waals surface area contributed by atoms with E-state index in [9.17, 15) is 8.39 Å². The van der Waals surface area contributed by atoms with Crippen molar-refractivity contribution in [2.45, 2.75) is 0 Å². The summed E-state index contributed by atoms with van der Waals surface area (Å²) in [5.41, 5.74) is 0. The molecule has 64 valence electrons. The van der Waals surface area contributed by atoms with Gasteiger partial charge in [0.1, 0.15) is 15.8 Å². The summed E-state index contributed by atoms with van der Waals surface area (Å²) in [5.74, 6) is 0. The fraction of sp³-hybridized carbons (Fsp3) is 0. The van der Waals surface area contributed by atoms with E-state index in [0.29, 0.717) is 0 Å². The Morgan fingerprint density at radius 1 is 0.818 bits per heavy atom. The molecular weight excluding hydrogens is 244 g/mol. The van der Waals surface area contributed by atoms with Gasteiger partial charge in [0.05, 0.1) is 0 Å². The van der Waals surface area contributed by atoms with Gasteiger partial charge in [0.25, 0.3) is 0 Å². The second-order valence-electron chi connectivity index (χ2n) is 0.861. The summed E-state index contributed by atoms with van der Waals surface area (Å²) in [7, 11) is -11.3. The number of hydrogen-bond acceptors (Lipinski definition) is 6. The van der Waals surface area contributed by atoms with Crippen LogP contribution in [-0.2, 0) is 30.8 Å². The molecule has 0 aliphatic rings. The first-order valence-electron chi connectivity index (χ1n) is 1.43. The summed E-state index contributed by atoms with van der Waals surface area (Å²) >= 11 is 0. The fourth-order valence-electron chi connectivity index (χ4n) is 0. The zero-order valence-electron chi connectivity index (χ0n) is 4.60. The molecule has 0 saturated carbocycles. The molecule has 0 amide bonds. The van der Waals surface area contributed by atoms with E-state index in [4.69, 9.17) is 28.7 Å². The maximum absolute atomic E-state index is 10.1. The Balaban J connectivity index is -0.000000107. The van der Waals surface area contributed by atoms with Crippen LogP contribution >= 0.6 is 15.8 Å². The van der Waals surface area contributed by atoms with E-state index in [1.54, 1.807) is 0 Å². The summed E-state index contributed by atoms with van der Waals surface area (Å²) in [5, 5.41) is 0. The van der Waals surface area contributed by atoms with Gasteiger partial charge in [-0.25, -0.2) is 8.39 Å². The van der Waals surface area contributed by atoms with Crippen molar-refractivity contribution in [2.75, 3.05) is 0 Å². The van der Waals surface area contributed by atoms with Crippen LogP contribution in [0.15, 0.2) is 0 Å². The molecule has 0 saturated heterocycles. The van der Waals surface area contributed by atoms with Gasteiger partial charge in [-0.2, -0.15) is 0 Å². The minimum Gasteiger partial charge on any atom is -0.786 e. The van der Waals surface area contributed by atoms with Crippen LogP contribution in [0.2, 0.25) is 0 Å². The molecule has 0 aliphatic carbocycles. The Hall–Kier alpha value is 0.874. The van der Waals surface area contributed by atoms with Crippen molar-refractivity contribution >= 4 is 15.8 Å². The molecule has 11 heavy (non-hydrogen) atoms. The van der Waals surface area contributed by atoms with E-state index < -0.39 is 15.8 Å². The summed E-state index contributed by atoms with van der Waals surface area (Å²) < 4.78 is 37.1. The first-order chi connectivity index (χ1) is 4.00. The van der Waals surface area contributed by atoms with Gasteiger partial charge in [0, 0.05) is 0 Å². The number of halogens is 2. The Labute approximate surface area is 75.1 Å². The molecule has 0 radical (unpaired) electrons. The van der Waals surface area contributed by atoms with Crippen molar-refractivity contribution in [2.24, 2.45) is 0 Å². The molecule has 0 atom stereocenters. The third kappa shape index (κ3) is 1120. The van der Waals surface area contributed by atoms with Crippen LogP contribution < -0.4 is 19.6 Å². The first kappa shape index (κ1) is 17.8. The Morgan fingerprint density at radius 2 is 0.818 bits per heavy atom. The van der Waals surface area contributed by atoms with Crippen LogP contribution in [0.5, 0.6) is 0 Å².